The zero-order valence-electron chi connectivity index (χ0n) is 9.09. The fourth-order valence-electron chi connectivity index (χ4n) is 1.43. The van der Waals surface area contributed by atoms with Crippen molar-refractivity contribution in [2.75, 3.05) is 0 Å². The Balaban J connectivity index is 2.36. The van der Waals surface area contributed by atoms with Gasteiger partial charge in [0, 0.05) is 16.1 Å². The van der Waals surface area contributed by atoms with Gasteiger partial charge in [0.1, 0.15) is 11.6 Å². The molecule has 0 fully saturated rings. The molecule has 0 aromatic heterocycles. The lowest BCUT2D eigenvalue weighted by Gasteiger charge is -2.10. The highest BCUT2D eigenvalue weighted by molar-refractivity contribution is 9.10. The largest absolute Gasteiger partial charge is 0.454 e. The van der Waals surface area contributed by atoms with Gasteiger partial charge < -0.3 is 4.74 Å². The molecule has 0 aliphatic heterocycles. The maximum Gasteiger partial charge on any atom is 0.165 e. The molecule has 2 rings (SSSR count). The lowest BCUT2D eigenvalue weighted by Crippen LogP contribution is -1.93. The van der Waals surface area contributed by atoms with E-state index in [1.807, 2.05) is 0 Å². The Hall–Kier alpha value is -1.13. The van der Waals surface area contributed by atoms with Gasteiger partial charge in [-0.25, -0.2) is 8.78 Å². The fraction of sp³-hybridized carbons (Fsp3) is 0.0769. The first-order chi connectivity index (χ1) is 8.60. The third-order valence-electron chi connectivity index (χ3n) is 2.28. The number of hydrogen-bond donors (Lipinski definition) is 0. The summed E-state index contributed by atoms with van der Waals surface area (Å²) in [5.74, 6) is -0.733. The first-order valence-electron chi connectivity index (χ1n) is 5.07. The van der Waals surface area contributed by atoms with Gasteiger partial charge in [-0.15, -0.1) is 11.6 Å². The summed E-state index contributed by atoms with van der Waals surface area (Å²) in [6.07, 6.45) is 0. The van der Waals surface area contributed by atoms with Crippen LogP contribution in [0.2, 0.25) is 0 Å². The minimum Gasteiger partial charge on any atom is -0.454 e. The van der Waals surface area contributed by atoms with Crippen LogP contribution >= 0.6 is 27.5 Å². The molecule has 1 nitrogen and oxygen atoms in total. The van der Waals surface area contributed by atoms with Crippen LogP contribution in [0.4, 0.5) is 8.78 Å². The topological polar surface area (TPSA) is 9.23 Å². The molecule has 5 heteroatoms. The predicted octanol–water partition coefficient (Wildman–Crippen LogP) is 5.26. The Morgan fingerprint density at radius 3 is 2.56 bits per heavy atom. The Bertz CT molecular complexity index is 575. The number of hydrogen-bond acceptors (Lipinski definition) is 1. The van der Waals surface area contributed by atoms with Crippen molar-refractivity contribution in [3.8, 4) is 11.5 Å². The number of benzene rings is 2. The Morgan fingerprint density at radius 1 is 1.06 bits per heavy atom. The molecule has 0 amide bonds. The second-order valence-corrected chi connectivity index (χ2v) is 4.75. The third kappa shape index (κ3) is 3.00. The number of rotatable bonds is 3. The van der Waals surface area contributed by atoms with Crippen molar-refractivity contribution in [3.63, 3.8) is 0 Å². The van der Waals surface area contributed by atoms with Crippen molar-refractivity contribution in [2.24, 2.45) is 0 Å². The Kier molecular flexibility index (Phi) is 4.19. The van der Waals surface area contributed by atoms with E-state index in [9.17, 15) is 8.78 Å². The van der Waals surface area contributed by atoms with Gasteiger partial charge in [0.05, 0.1) is 5.88 Å². The van der Waals surface area contributed by atoms with E-state index in [0.717, 1.165) is 22.7 Å². The maximum absolute atomic E-state index is 13.4. The summed E-state index contributed by atoms with van der Waals surface area (Å²) in [6, 6.07) is 8.19. The first kappa shape index (κ1) is 13.3. The Morgan fingerprint density at radius 2 is 1.83 bits per heavy atom. The predicted molar refractivity (Wildman–Crippen MR) is 70.1 cm³/mol. The lowest BCUT2D eigenvalue weighted by molar-refractivity contribution is 0.433. The molecule has 0 aliphatic rings. The van der Waals surface area contributed by atoms with E-state index in [1.54, 1.807) is 18.2 Å². The van der Waals surface area contributed by atoms with Crippen molar-refractivity contribution >= 4 is 27.5 Å². The molecule has 0 heterocycles. The van der Waals surface area contributed by atoms with Gasteiger partial charge in [0.25, 0.3) is 0 Å². The molecule has 0 aliphatic carbocycles. The monoisotopic (exact) mass is 332 g/mol. The minimum absolute atomic E-state index is 0.163. The number of ether oxygens (including phenoxy) is 1. The quantitative estimate of drug-likeness (QED) is 0.696. The van der Waals surface area contributed by atoms with Crippen LogP contribution in [-0.2, 0) is 5.88 Å². The van der Waals surface area contributed by atoms with Crippen molar-refractivity contribution in [1.29, 1.82) is 0 Å². The molecule has 2 aromatic carbocycles. The zero-order chi connectivity index (χ0) is 13.1. The molecule has 0 unspecified atom stereocenters. The van der Waals surface area contributed by atoms with Crippen molar-refractivity contribution in [1.82, 2.24) is 0 Å². The third-order valence-corrected chi connectivity index (χ3v) is 3.06. The molecular weight excluding hydrogens is 325 g/mol. The van der Waals surface area contributed by atoms with E-state index in [1.165, 1.54) is 0 Å². The molecule has 0 N–H and O–H groups in total. The van der Waals surface area contributed by atoms with Crippen LogP contribution in [0.25, 0.3) is 0 Å². The smallest absolute Gasteiger partial charge is 0.165 e. The SMILES string of the molecule is Fc1ccc(F)c(Oc2ccc(Br)cc2CCl)c1. The van der Waals surface area contributed by atoms with Gasteiger partial charge in [-0.1, -0.05) is 15.9 Å². The zero-order valence-corrected chi connectivity index (χ0v) is 11.4. The van der Waals surface area contributed by atoms with E-state index in [4.69, 9.17) is 16.3 Å². The molecule has 0 radical (unpaired) electrons. The van der Waals surface area contributed by atoms with Gasteiger partial charge in [-0.05, 0) is 30.3 Å². The molecule has 0 spiro atoms. The molecule has 0 atom stereocenters. The van der Waals surface area contributed by atoms with Crippen LogP contribution in [0, 0.1) is 11.6 Å². The highest BCUT2D eigenvalue weighted by Crippen LogP contribution is 2.30. The molecule has 0 saturated heterocycles. The van der Waals surface area contributed by atoms with Crippen LogP contribution in [0.15, 0.2) is 40.9 Å². The van der Waals surface area contributed by atoms with Crippen molar-refractivity contribution in [2.45, 2.75) is 5.88 Å². The highest BCUT2D eigenvalue weighted by atomic mass is 79.9. The van der Waals surface area contributed by atoms with Gasteiger partial charge in [-0.3, -0.25) is 0 Å². The van der Waals surface area contributed by atoms with E-state index in [-0.39, 0.29) is 11.6 Å². The van der Waals surface area contributed by atoms with Gasteiger partial charge >= 0.3 is 0 Å². The molecule has 0 saturated carbocycles. The highest BCUT2D eigenvalue weighted by Gasteiger charge is 2.09. The molecule has 94 valence electrons. The lowest BCUT2D eigenvalue weighted by atomic mass is 10.2. The van der Waals surface area contributed by atoms with Crippen molar-refractivity contribution in [3.05, 3.63) is 58.1 Å². The average molecular weight is 334 g/mol. The average Bonchev–Trinajstić information content (AvgIpc) is 2.36. The summed E-state index contributed by atoms with van der Waals surface area (Å²) in [4.78, 5) is 0. The summed E-state index contributed by atoms with van der Waals surface area (Å²) in [5, 5.41) is 0. The molecule has 0 bridgehead atoms. The molecular formula is C13H8BrClF2O. The molecule has 2 aromatic rings. The van der Waals surface area contributed by atoms with Crippen LogP contribution in [0.5, 0.6) is 11.5 Å². The summed E-state index contributed by atoms with van der Waals surface area (Å²) in [6.45, 7) is 0. The van der Waals surface area contributed by atoms with Crippen LogP contribution in [0.3, 0.4) is 0 Å². The van der Waals surface area contributed by atoms with E-state index in [2.05, 4.69) is 15.9 Å². The number of halogens is 4. The second kappa shape index (κ2) is 5.67. The Labute approximate surface area is 116 Å². The van der Waals surface area contributed by atoms with Gasteiger partial charge in [0.15, 0.2) is 11.6 Å². The standard InChI is InChI=1S/C13H8BrClF2O/c14-9-1-4-12(8(5-9)7-15)18-13-6-10(16)2-3-11(13)17/h1-6H,7H2. The van der Waals surface area contributed by atoms with Crippen LogP contribution in [-0.4, -0.2) is 0 Å². The van der Waals surface area contributed by atoms with E-state index in [0.29, 0.717) is 11.3 Å². The van der Waals surface area contributed by atoms with Crippen LogP contribution in [0.1, 0.15) is 5.56 Å². The normalized spacial score (nSPS) is 10.4. The maximum atomic E-state index is 13.4. The summed E-state index contributed by atoms with van der Waals surface area (Å²) in [5.41, 5.74) is 0.690. The summed E-state index contributed by atoms with van der Waals surface area (Å²) >= 11 is 9.07. The van der Waals surface area contributed by atoms with E-state index < -0.39 is 11.6 Å². The minimum atomic E-state index is -0.625. The summed E-state index contributed by atoms with van der Waals surface area (Å²) < 4.78 is 32.6. The molecule has 18 heavy (non-hydrogen) atoms. The van der Waals surface area contributed by atoms with Crippen LogP contribution < -0.4 is 4.74 Å². The first-order valence-corrected chi connectivity index (χ1v) is 6.40. The fourth-order valence-corrected chi connectivity index (χ4v) is 2.04. The van der Waals surface area contributed by atoms with E-state index >= 15 is 0 Å². The number of alkyl halides is 1. The van der Waals surface area contributed by atoms with Gasteiger partial charge in [-0.2, -0.15) is 0 Å². The van der Waals surface area contributed by atoms with Crippen molar-refractivity contribution < 1.29 is 13.5 Å². The summed E-state index contributed by atoms with van der Waals surface area (Å²) in [7, 11) is 0. The second-order valence-electron chi connectivity index (χ2n) is 3.56. The van der Waals surface area contributed by atoms with Gasteiger partial charge in [0.2, 0.25) is 0 Å².